The molecule has 0 bridgehead atoms. The van der Waals surface area contributed by atoms with Crippen LogP contribution in [0.2, 0.25) is 0 Å². The summed E-state index contributed by atoms with van der Waals surface area (Å²) >= 11 is 0. The first kappa shape index (κ1) is 13.9. The van der Waals surface area contributed by atoms with E-state index in [1.165, 1.54) is 50.5 Å². The van der Waals surface area contributed by atoms with Gasteiger partial charge in [0, 0.05) is 12.1 Å². The number of fused-ring (bicyclic) bond motifs is 1. The number of methoxy groups -OCH3 is 1. The van der Waals surface area contributed by atoms with Crippen molar-refractivity contribution < 1.29 is 4.74 Å². The minimum atomic E-state index is 0.574. The van der Waals surface area contributed by atoms with Gasteiger partial charge in [0.25, 0.3) is 0 Å². The number of piperidine rings is 1. The summed E-state index contributed by atoms with van der Waals surface area (Å²) in [6, 6.07) is 10.0. The fourth-order valence-corrected chi connectivity index (χ4v) is 4.30. The molecule has 1 saturated carbocycles. The van der Waals surface area contributed by atoms with E-state index in [9.17, 15) is 0 Å². The Morgan fingerprint density at radius 1 is 1.05 bits per heavy atom. The van der Waals surface area contributed by atoms with Crippen molar-refractivity contribution in [1.82, 2.24) is 4.90 Å². The highest BCUT2D eigenvalue weighted by Gasteiger charge is 2.35. The molecular weight excluding hydrogens is 246 g/mol. The van der Waals surface area contributed by atoms with Crippen LogP contribution in [0.3, 0.4) is 0 Å². The Morgan fingerprint density at radius 3 is 2.75 bits per heavy atom. The quantitative estimate of drug-likeness (QED) is 0.791. The van der Waals surface area contributed by atoms with Crippen molar-refractivity contribution in [3.8, 4) is 5.75 Å². The number of ether oxygens (including phenoxy) is 1. The van der Waals surface area contributed by atoms with E-state index in [1.807, 2.05) is 6.07 Å². The third kappa shape index (κ3) is 2.71. The molecule has 1 heterocycles. The van der Waals surface area contributed by atoms with Crippen LogP contribution >= 0.6 is 0 Å². The lowest BCUT2D eigenvalue weighted by molar-refractivity contribution is 0.0588. The van der Waals surface area contributed by atoms with E-state index in [-0.39, 0.29) is 0 Å². The summed E-state index contributed by atoms with van der Waals surface area (Å²) < 4.78 is 5.39. The van der Waals surface area contributed by atoms with Crippen LogP contribution in [-0.2, 0) is 0 Å². The van der Waals surface area contributed by atoms with Gasteiger partial charge in [-0.25, -0.2) is 0 Å². The van der Waals surface area contributed by atoms with E-state index < -0.39 is 0 Å². The number of hydrogen-bond acceptors (Lipinski definition) is 2. The van der Waals surface area contributed by atoms with Crippen LogP contribution in [0.25, 0.3) is 0 Å². The van der Waals surface area contributed by atoms with Crippen LogP contribution in [-0.4, -0.2) is 25.1 Å². The van der Waals surface area contributed by atoms with E-state index in [4.69, 9.17) is 4.74 Å². The molecule has 3 rings (SSSR count). The predicted octanol–water partition coefficient (Wildman–Crippen LogP) is 4.41. The Balaban J connectivity index is 1.80. The van der Waals surface area contributed by atoms with Crippen LogP contribution in [0, 0.1) is 5.92 Å². The summed E-state index contributed by atoms with van der Waals surface area (Å²) in [5, 5.41) is 0. The first-order chi connectivity index (χ1) is 9.79. The Labute approximate surface area is 123 Å². The van der Waals surface area contributed by atoms with Gasteiger partial charge in [0.15, 0.2) is 0 Å². The highest BCUT2D eigenvalue weighted by Crippen LogP contribution is 2.41. The van der Waals surface area contributed by atoms with Gasteiger partial charge in [0.05, 0.1) is 7.11 Å². The molecule has 0 aromatic heterocycles. The van der Waals surface area contributed by atoms with Crippen LogP contribution in [0.5, 0.6) is 5.75 Å². The average molecular weight is 273 g/mol. The summed E-state index contributed by atoms with van der Waals surface area (Å²) in [6.07, 6.45) is 9.82. The summed E-state index contributed by atoms with van der Waals surface area (Å²) in [7, 11) is 4.09. The van der Waals surface area contributed by atoms with Crippen LogP contribution in [0.4, 0.5) is 0 Å². The molecule has 2 fully saturated rings. The fraction of sp³-hybridized carbons (Fsp3) is 0.667. The number of likely N-dealkylation sites (tertiary alicyclic amines) is 1. The van der Waals surface area contributed by atoms with Gasteiger partial charge in [0.1, 0.15) is 5.75 Å². The van der Waals surface area contributed by atoms with Crippen LogP contribution in [0.1, 0.15) is 56.6 Å². The van der Waals surface area contributed by atoms with Gasteiger partial charge in [-0.2, -0.15) is 0 Å². The molecule has 2 aliphatic rings. The van der Waals surface area contributed by atoms with Gasteiger partial charge in [-0.05, 0) is 56.3 Å². The second kappa shape index (κ2) is 6.17. The van der Waals surface area contributed by atoms with Gasteiger partial charge < -0.3 is 4.74 Å². The van der Waals surface area contributed by atoms with Crippen molar-refractivity contribution >= 4 is 0 Å². The third-order valence-corrected chi connectivity index (χ3v) is 5.42. The summed E-state index contributed by atoms with van der Waals surface area (Å²) in [5.41, 5.74) is 1.43. The van der Waals surface area contributed by atoms with Crippen molar-refractivity contribution in [2.24, 2.45) is 5.92 Å². The molecule has 2 nitrogen and oxygen atoms in total. The minimum absolute atomic E-state index is 0.574. The number of nitrogens with zero attached hydrogens (tertiary/aromatic N) is 1. The smallest absolute Gasteiger partial charge is 0.119 e. The SMILES string of the molecule is COc1cccc([C@@H]2CC[C@H]3CCCCC[C@@H]3N2C)c1. The molecule has 0 spiro atoms. The molecule has 0 unspecified atom stereocenters. The average Bonchev–Trinajstić information content (AvgIpc) is 2.73. The Morgan fingerprint density at radius 2 is 1.90 bits per heavy atom. The predicted molar refractivity (Wildman–Crippen MR) is 83.1 cm³/mol. The number of rotatable bonds is 2. The number of benzene rings is 1. The van der Waals surface area contributed by atoms with E-state index in [1.54, 1.807) is 7.11 Å². The van der Waals surface area contributed by atoms with Crippen molar-refractivity contribution in [2.45, 2.75) is 57.0 Å². The molecule has 0 radical (unpaired) electrons. The zero-order valence-electron chi connectivity index (χ0n) is 12.8. The molecule has 1 aliphatic heterocycles. The van der Waals surface area contributed by atoms with Crippen LogP contribution in [0.15, 0.2) is 24.3 Å². The van der Waals surface area contributed by atoms with Crippen molar-refractivity contribution in [1.29, 1.82) is 0 Å². The molecule has 0 N–H and O–H groups in total. The lowest BCUT2D eigenvalue weighted by atomic mass is 9.81. The summed E-state index contributed by atoms with van der Waals surface area (Å²) in [6.45, 7) is 0. The molecule has 1 aromatic rings. The third-order valence-electron chi connectivity index (χ3n) is 5.42. The molecule has 110 valence electrons. The fourth-order valence-electron chi connectivity index (χ4n) is 4.30. The zero-order valence-corrected chi connectivity index (χ0v) is 12.8. The highest BCUT2D eigenvalue weighted by atomic mass is 16.5. The van der Waals surface area contributed by atoms with Crippen molar-refractivity contribution in [3.05, 3.63) is 29.8 Å². The van der Waals surface area contributed by atoms with Crippen LogP contribution < -0.4 is 4.74 Å². The van der Waals surface area contributed by atoms with E-state index >= 15 is 0 Å². The molecule has 3 atom stereocenters. The van der Waals surface area contributed by atoms with E-state index in [0.717, 1.165) is 17.7 Å². The summed E-state index contributed by atoms with van der Waals surface area (Å²) in [4.78, 5) is 2.66. The standard InChI is InChI=1S/C18H27NO/c1-19-17-10-5-3-4-7-14(17)11-12-18(19)15-8-6-9-16(13-15)20-2/h6,8-9,13-14,17-18H,3-5,7,10-12H2,1-2H3/t14-,17+,18+/m1/s1. The molecule has 1 aliphatic carbocycles. The molecule has 20 heavy (non-hydrogen) atoms. The molecule has 1 aromatic carbocycles. The first-order valence-electron chi connectivity index (χ1n) is 8.15. The minimum Gasteiger partial charge on any atom is -0.497 e. The molecule has 2 heteroatoms. The lowest BCUT2D eigenvalue weighted by Crippen LogP contribution is -2.44. The maximum Gasteiger partial charge on any atom is 0.119 e. The van der Waals surface area contributed by atoms with Gasteiger partial charge in [-0.15, -0.1) is 0 Å². The zero-order chi connectivity index (χ0) is 13.9. The second-order valence-electron chi connectivity index (χ2n) is 6.50. The Hall–Kier alpha value is -1.02. The second-order valence-corrected chi connectivity index (χ2v) is 6.50. The highest BCUT2D eigenvalue weighted by molar-refractivity contribution is 5.31. The first-order valence-corrected chi connectivity index (χ1v) is 8.15. The Bertz CT molecular complexity index is 445. The van der Waals surface area contributed by atoms with E-state index in [2.05, 4.69) is 30.1 Å². The van der Waals surface area contributed by atoms with Gasteiger partial charge in [0.2, 0.25) is 0 Å². The topological polar surface area (TPSA) is 12.5 Å². The summed E-state index contributed by atoms with van der Waals surface area (Å²) in [5.74, 6) is 1.92. The molecule has 1 saturated heterocycles. The van der Waals surface area contributed by atoms with Crippen molar-refractivity contribution in [3.63, 3.8) is 0 Å². The lowest BCUT2D eigenvalue weighted by Gasteiger charge is -2.44. The maximum atomic E-state index is 5.39. The van der Waals surface area contributed by atoms with Crippen molar-refractivity contribution in [2.75, 3.05) is 14.2 Å². The molecular formula is C18H27NO. The largest absolute Gasteiger partial charge is 0.497 e. The maximum absolute atomic E-state index is 5.39. The molecule has 0 amide bonds. The normalized spacial score (nSPS) is 31.4. The van der Waals surface area contributed by atoms with E-state index in [0.29, 0.717) is 6.04 Å². The van der Waals surface area contributed by atoms with Gasteiger partial charge in [-0.1, -0.05) is 31.4 Å². The Kier molecular flexibility index (Phi) is 4.30. The van der Waals surface area contributed by atoms with Gasteiger partial charge >= 0.3 is 0 Å². The van der Waals surface area contributed by atoms with Gasteiger partial charge in [-0.3, -0.25) is 4.90 Å². The monoisotopic (exact) mass is 273 g/mol. The number of hydrogen-bond donors (Lipinski definition) is 0.